The van der Waals surface area contributed by atoms with Crippen LogP contribution in [0.3, 0.4) is 0 Å². The van der Waals surface area contributed by atoms with Crippen LogP contribution in [0.1, 0.15) is 12.8 Å². The predicted octanol–water partition coefficient (Wildman–Crippen LogP) is 1.82. The van der Waals surface area contributed by atoms with Gasteiger partial charge >= 0.3 is 6.03 Å². The van der Waals surface area contributed by atoms with E-state index in [1.807, 2.05) is 0 Å². The Morgan fingerprint density at radius 1 is 1.33 bits per heavy atom. The maximum absolute atomic E-state index is 12.9. The summed E-state index contributed by atoms with van der Waals surface area (Å²) in [4.78, 5) is 11.5. The number of halogens is 2. The van der Waals surface area contributed by atoms with E-state index in [1.165, 1.54) is 6.07 Å². The highest BCUT2D eigenvalue weighted by Crippen LogP contribution is 2.15. The van der Waals surface area contributed by atoms with E-state index >= 15 is 0 Å². The summed E-state index contributed by atoms with van der Waals surface area (Å²) < 4.78 is 36.2. The summed E-state index contributed by atoms with van der Waals surface area (Å²) in [6.45, 7) is 1.65. The number of nitrogens with one attached hydrogen (secondary N) is 2. The first-order valence-corrected chi connectivity index (χ1v) is 6.86. The number of rotatable bonds is 6. The largest absolute Gasteiger partial charge is 0.492 e. The molecule has 116 valence electrons. The first-order valence-electron chi connectivity index (χ1n) is 6.86. The summed E-state index contributed by atoms with van der Waals surface area (Å²) in [7, 11) is 0. The molecular weight excluding hydrogens is 282 g/mol. The van der Waals surface area contributed by atoms with Gasteiger partial charge in [-0.3, -0.25) is 0 Å². The standard InChI is InChI=1S/C14H18F2N2O3/c15-12-4-3-10(8-13(12)16)21-7-5-17-14(19)18-9-11-2-1-6-20-11/h3-4,8,11H,1-2,5-7,9H2,(H2,17,18,19). The zero-order chi connectivity index (χ0) is 15.1. The number of benzene rings is 1. The second-order valence-electron chi connectivity index (χ2n) is 4.70. The van der Waals surface area contributed by atoms with E-state index in [9.17, 15) is 13.6 Å². The molecule has 0 aromatic heterocycles. The van der Waals surface area contributed by atoms with Gasteiger partial charge in [-0.05, 0) is 25.0 Å². The third kappa shape index (κ3) is 5.18. The smallest absolute Gasteiger partial charge is 0.315 e. The Hall–Kier alpha value is -1.89. The normalized spacial score (nSPS) is 17.5. The maximum atomic E-state index is 12.9. The predicted molar refractivity (Wildman–Crippen MR) is 72.2 cm³/mol. The van der Waals surface area contributed by atoms with Crippen LogP contribution >= 0.6 is 0 Å². The van der Waals surface area contributed by atoms with Crippen molar-refractivity contribution in [3.05, 3.63) is 29.8 Å². The number of carbonyl (C=O) groups excluding carboxylic acids is 1. The van der Waals surface area contributed by atoms with Crippen LogP contribution in [-0.2, 0) is 4.74 Å². The molecule has 0 spiro atoms. The SMILES string of the molecule is O=C(NCCOc1ccc(F)c(F)c1)NCC1CCCO1. The van der Waals surface area contributed by atoms with Crippen LogP contribution < -0.4 is 15.4 Å². The maximum Gasteiger partial charge on any atom is 0.315 e. The molecule has 7 heteroatoms. The fraction of sp³-hybridized carbons (Fsp3) is 0.500. The topological polar surface area (TPSA) is 59.6 Å². The fourth-order valence-electron chi connectivity index (χ4n) is 1.97. The van der Waals surface area contributed by atoms with Gasteiger partial charge in [0.1, 0.15) is 12.4 Å². The van der Waals surface area contributed by atoms with Gasteiger partial charge in [0, 0.05) is 19.2 Å². The van der Waals surface area contributed by atoms with E-state index in [0.29, 0.717) is 6.54 Å². The third-order valence-electron chi connectivity index (χ3n) is 3.06. The van der Waals surface area contributed by atoms with E-state index in [0.717, 1.165) is 31.6 Å². The molecule has 1 fully saturated rings. The number of carbonyl (C=O) groups is 1. The van der Waals surface area contributed by atoms with Gasteiger partial charge in [-0.1, -0.05) is 0 Å². The summed E-state index contributed by atoms with van der Waals surface area (Å²) in [6.07, 6.45) is 2.07. The molecule has 1 aromatic rings. The Balaban J connectivity index is 1.58. The van der Waals surface area contributed by atoms with Crippen LogP contribution in [0.25, 0.3) is 0 Å². The van der Waals surface area contributed by atoms with Gasteiger partial charge in [0.25, 0.3) is 0 Å². The molecule has 5 nitrogen and oxygen atoms in total. The zero-order valence-electron chi connectivity index (χ0n) is 11.5. The van der Waals surface area contributed by atoms with E-state index in [-0.39, 0.29) is 31.0 Å². The van der Waals surface area contributed by atoms with Crippen LogP contribution in [0.4, 0.5) is 13.6 Å². The van der Waals surface area contributed by atoms with Crippen molar-refractivity contribution in [3.8, 4) is 5.75 Å². The molecule has 1 aliphatic heterocycles. The van der Waals surface area contributed by atoms with Crippen molar-refractivity contribution in [1.82, 2.24) is 10.6 Å². The number of hydrogen-bond donors (Lipinski definition) is 2. The molecule has 1 atom stereocenters. The van der Waals surface area contributed by atoms with Gasteiger partial charge in [0.15, 0.2) is 11.6 Å². The number of ether oxygens (including phenoxy) is 2. The Labute approximate surface area is 121 Å². The molecule has 0 aliphatic carbocycles. The minimum absolute atomic E-state index is 0.0918. The van der Waals surface area contributed by atoms with Crippen LogP contribution in [0, 0.1) is 11.6 Å². The van der Waals surface area contributed by atoms with E-state index in [4.69, 9.17) is 9.47 Å². The molecule has 1 aromatic carbocycles. The highest BCUT2D eigenvalue weighted by Gasteiger charge is 2.15. The Kier molecular flexibility index (Phi) is 5.74. The molecule has 0 bridgehead atoms. The molecule has 0 saturated carbocycles. The van der Waals surface area contributed by atoms with Gasteiger partial charge in [-0.2, -0.15) is 0 Å². The number of hydrogen-bond acceptors (Lipinski definition) is 3. The lowest BCUT2D eigenvalue weighted by Crippen LogP contribution is -2.41. The lowest BCUT2D eigenvalue weighted by atomic mass is 10.2. The second kappa shape index (κ2) is 7.78. The molecule has 1 heterocycles. The molecule has 21 heavy (non-hydrogen) atoms. The van der Waals surface area contributed by atoms with Crippen molar-refractivity contribution in [2.24, 2.45) is 0 Å². The lowest BCUT2D eigenvalue weighted by Gasteiger charge is -2.12. The first-order chi connectivity index (χ1) is 10.1. The van der Waals surface area contributed by atoms with E-state index in [1.54, 1.807) is 0 Å². The van der Waals surface area contributed by atoms with Gasteiger partial charge < -0.3 is 20.1 Å². The van der Waals surface area contributed by atoms with Crippen molar-refractivity contribution in [2.45, 2.75) is 18.9 Å². The van der Waals surface area contributed by atoms with Gasteiger partial charge in [0.05, 0.1) is 12.6 Å². The molecule has 1 unspecified atom stereocenters. The summed E-state index contributed by atoms with van der Waals surface area (Å²) in [5, 5.41) is 5.30. The molecule has 2 rings (SSSR count). The first kappa shape index (κ1) is 15.5. The molecule has 2 amide bonds. The Bertz CT molecular complexity index is 479. The fourth-order valence-corrected chi connectivity index (χ4v) is 1.97. The molecule has 2 N–H and O–H groups in total. The quantitative estimate of drug-likeness (QED) is 0.788. The average Bonchev–Trinajstić information content (AvgIpc) is 2.98. The van der Waals surface area contributed by atoms with Gasteiger partial charge in [-0.15, -0.1) is 0 Å². The molecular formula is C14H18F2N2O3. The zero-order valence-corrected chi connectivity index (χ0v) is 11.5. The highest BCUT2D eigenvalue weighted by atomic mass is 19.2. The third-order valence-corrected chi connectivity index (χ3v) is 3.06. The molecule has 1 aliphatic rings. The van der Waals surface area contributed by atoms with E-state index < -0.39 is 11.6 Å². The average molecular weight is 300 g/mol. The number of urea groups is 1. The van der Waals surface area contributed by atoms with Crippen molar-refractivity contribution >= 4 is 6.03 Å². The minimum atomic E-state index is -0.963. The van der Waals surface area contributed by atoms with Crippen molar-refractivity contribution in [3.63, 3.8) is 0 Å². The van der Waals surface area contributed by atoms with Crippen molar-refractivity contribution in [1.29, 1.82) is 0 Å². The Morgan fingerprint density at radius 3 is 2.90 bits per heavy atom. The van der Waals surface area contributed by atoms with Gasteiger partial charge in [0.2, 0.25) is 0 Å². The molecule has 1 saturated heterocycles. The Morgan fingerprint density at radius 2 is 2.19 bits per heavy atom. The molecule has 0 radical (unpaired) electrons. The summed E-state index contributed by atoms with van der Waals surface area (Å²) in [5.41, 5.74) is 0. The minimum Gasteiger partial charge on any atom is -0.492 e. The van der Waals surface area contributed by atoms with Crippen LogP contribution in [0.5, 0.6) is 5.75 Å². The second-order valence-corrected chi connectivity index (χ2v) is 4.70. The van der Waals surface area contributed by atoms with Crippen LogP contribution in [0.15, 0.2) is 18.2 Å². The van der Waals surface area contributed by atoms with Crippen LogP contribution in [0.2, 0.25) is 0 Å². The summed E-state index contributed by atoms with van der Waals surface area (Å²) in [5.74, 6) is -1.67. The monoisotopic (exact) mass is 300 g/mol. The van der Waals surface area contributed by atoms with Gasteiger partial charge in [-0.25, -0.2) is 13.6 Å². The lowest BCUT2D eigenvalue weighted by molar-refractivity contribution is 0.111. The van der Waals surface area contributed by atoms with Crippen molar-refractivity contribution < 1.29 is 23.0 Å². The highest BCUT2D eigenvalue weighted by molar-refractivity contribution is 5.73. The number of amides is 2. The van der Waals surface area contributed by atoms with Crippen molar-refractivity contribution in [2.75, 3.05) is 26.3 Å². The summed E-state index contributed by atoms with van der Waals surface area (Å²) in [6, 6.07) is 2.98. The summed E-state index contributed by atoms with van der Waals surface area (Å²) >= 11 is 0. The van der Waals surface area contributed by atoms with E-state index in [2.05, 4.69) is 10.6 Å². The van der Waals surface area contributed by atoms with Crippen LogP contribution in [-0.4, -0.2) is 38.4 Å².